The number of rotatable bonds is 4. The van der Waals surface area contributed by atoms with Gasteiger partial charge in [0.25, 0.3) is 5.91 Å². The second kappa shape index (κ2) is 8.51. The quantitative estimate of drug-likeness (QED) is 0.515. The Bertz CT molecular complexity index is 668. The molecule has 7 nitrogen and oxygen atoms in total. The fraction of sp³-hybridized carbons (Fsp3) is 0.500. The van der Waals surface area contributed by atoms with Gasteiger partial charge in [0.15, 0.2) is 6.04 Å². The summed E-state index contributed by atoms with van der Waals surface area (Å²) in [6.07, 6.45) is 2.90. The lowest BCUT2D eigenvalue weighted by atomic mass is 9.97. The number of quaternary nitrogens is 1. The second-order valence-electron chi connectivity index (χ2n) is 6.89. The lowest BCUT2D eigenvalue weighted by Gasteiger charge is -2.37. The summed E-state index contributed by atoms with van der Waals surface area (Å²) in [6, 6.07) is 7.86. The van der Waals surface area contributed by atoms with Crippen molar-refractivity contribution in [3.8, 4) is 0 Å². The molecule has 0 aromatic heterocycles. The number of hydrogen-bond acceptors (Lipinski definition) is 3. The van der Waals surface area contributed by atoms with E-state index < -0.39 is 18.1 Å². The van der Waals surface area contributed by atoms with Gasteiger partial charge in [-0.2, -0.15) is 0 Å². The SMILES string of the molecule is C[C@H]([NH3+])C(=O)N[C@H]1CC[C@@H]2CC[C@@H](C(=O)Nc3ccccc3)N2C1=O.[Cl-]. The van der Waals surface area contributed by atoms with Crippen LogP contribution in [0.5, 0.6) is 0 Å². The van der Waals surface area contributed by atoms with Crippen LogP contribution in [0.1, 0.15) is 32.6 Å². The molecule has 3 amide bonds. The van der Waals surface area contributed by atoms with Crippen molar-refractivity contribution >= 4 is 23.4 Å². The summed E-state index contributed by atoms with van der Waals surface area (Å²) in [5, 5.41) is 5.65. The highest BCUT2D eigenvalue weighted by molar-refractivity contribution is 5.99. The standard InChI is InChI=1S/C18H24N4O3.ClH/c1-11(19)16(23)21-14-9-7-13-8-10-15(22(13)18(14)25)17(24)20-12-5-3-2-4-6-12;/h2-6,11,13-15H,7-10,19H2,1H3,(H,20,24)(H,21,23);1H/t11-,13+,14-,15-;/m0./s1. The number of hydrogen-bond donors (Lipinski definition) is 3. The van der Waals surface area contributed by atoms with Crippen molar-refractivity contribution in [2.45, 2.75) is 56.8 Å². The molecule has 2 fully saturated rings. The number of piperidine rings is 1. The minimum absolute atomic E-state index is 0. The van der Waals surface area contributed by atoms with Crippen molar-refractivity contribution in [1.82, 2.24) is 10.2 Å². The minimum atomic E-state index is -0.557. The van der Waals surface area contributed by atoms with E-state index in [-0.39, 0.29) is 36.2 Å². The molecule has 3 rings (SSSR count). The molecular weight excluding hydrogens is 356 g/mol. The van der Waals surface area contributed by atoms with Gasteiger partial charge < -0.3 is 33.7 Å². The fourth-order valence-electron chi connectivity index (χ4n) is 3.61. The number of halogens is 1. The highest BCUT2D eigenvalue weighted by Gasteiger charge is 2.46. The van der Waals surface area contributed by atoms with Crippen LogP contribution in [0.25, 0.3) is 0 Å². The summed E-state index contributed by atoms with van der Waals surface area (Å²) in [5.41, 5.74) is 4.40. The van der Waals surface area contributed by atoms with Gasteiger partial charge in [0.1, 0.15) is 12.1 Å². The zero-order valence-electron chi connectivity index (χ0n) is 14.8. The van der Waals surface area contributed by atoms with Gasteiger partial charge in [0.2, 0.25) is 11.8 Å². The van der Waals surface area contributed by atoms with Crippen molar-refractivity contribution in [2.24, 2.45) is 0 Å². The first kappa shape index (κ1) is 20.2. The predicted octanol–water partition coefficient (Wildman–Crippen LogP) is -3.10. The molecule has 0 saturated carbocycles. The number of nitrogens with zero attached hydrogens (tertiary/aromatic N) is 1. The van der Waals surface area contributed by atoms with Crippen molar-refractivity contribution in [2.75, 3.05) is 5.32 Å². The smallest absolute Gasteiger partial charge is 0.278 e. The average Bonchev–Trinajstić information content (AvgIpc) is 3.03. The Morgan fingerprint density at radius 1 is 1.15 bits per heavy atom. The molecule has 26 heavy (non-hydrogen) atoms. The number of fused-ring (bicyclic) bond motifs is 1. The lowest BCUT2D eigenvalue weighted by molar-refractivity contribution is -0.398. The molecule has 4 atom stereocenters. The fourth-order valence-corrected chi connectivity index (χ4v) is 3.61. The van der Waals surface area contributed by atoms with Crippen LogP contribution in [0.3, 0.4) is 0 Å². The molecular formula is C18H25ClN4O3. The van der Waals surface area contributed by atoms with Crippen LogP contribution in [-0.2, 0) is 14.4 Å². The first-order chi connectivity index (χ1) is 12.0. The summed E-state index contributed by atoms with van der Waals surface area (Å²) in [6.45, 7) is 1.69. The van der Waals surface area contributed by atoms with Crippen molar-refractivity contribution in [3.05, 3.63) is 30.3 Å². The molecule has 1 aromatic rings. The molecule has 142 valence electrons. The normalized spacial score (nSPS) is 25.7. The third-order valence-corrected chi connectivity index (χ3v) is 4.95. The van der Waals surface area contributed by atoms with E-state index in [0.717, 1.165) is 18.5 Å². The summed E-state index contributed by atoms with van der Waals surface area (Å²) in [7, 11) is 0. The van der Waals surface area contributed by atoms with Crippen molar-refractivity contribution < 1.29 is 32.5 Å². The molecule has 2 saturated heterocycles. The summed E-state index contributed by atoms with van der Waals surface area (Å²) in [5.74, 6) is -0.559. The summed E-state index contributed by atoms with van der Waals surface area (Å²) < 4.78 is 0. The van der Waals surface area contributed by atoms with Gasteiger partial charge in [0.05, 0.1) is 0 Å². The maximum Gasteiger partial charge on any atom is 0.278 e. The monoisotopic (exact) mass is 380 g/mol. The number of anilines is 1. The Hall–Kier alpha value is -2.12. The third kappa shape index (κ3) is 4.16. The molecule has 0 bridgehead atoms. The summed E-state index contributed by atoms with van der Waals surface area (Å²) in [4.78, 5) is 39.1. The zero-order chi connectivity index (χ0) is 18.0. The number of benzene rings is 1. The van der Waals surface area contributed by atoms with Crippen LogP contribution in [0.15, 0.2) is 30.3 Å². The molecule has 8 heteroatoms. The Balaban J connectivity index is 0.00000243. The van der Waals surface area contributed by atoms with Crippen molar-refractivity contribution in [1.29, 1.82) is 0 Å². The number of nitrogens with one attached hydrogen (secondary N) is 2. The molecule has 2 aliphatic rings. The van der Waals surface area contributed by atoms with Gasteiger partial charge in [-0.25, -0.2) is 0 Å². The first-order valence-electron chi connectivity index (χ1n) is 8.79. The minimum Gasteiger partial charge on any atom is -1.00 e. The molecule has 0 aliphatic carbocycles. The van der Waals surface area contributed by atoms with Crippen LogP contribution < -0.4 is 28.8 Å². The number of carbonyl (C=O) groups excluding carboxylic acids is 3. The van der Waals surface area contributed by atoms with Gasteiger partial charge in [-0.15, -0.1) is 0 Å². The van der Waals surface area contributed by atoms with Crippen molar-refractivity contribution in [3.63, 3.8) is 0 Å². The van der Waals surface area contributed by atoms with Crippen LogP contribution in [0.4, 0.5) is 5.69 Å². The number of amides is 3. The van der Waals surface area contributed by atoms with Gasteiger partial charge in [-0.3, -0.25) is 14.4 Å². The first-order valence-corrected chi connectivity index (χ1v) is 8.79. The Morgan fingerprint density at radius 2 is 1.81 bits per heavy atom. The molecule has 2 aliphatic heterocycles. The molecule has 0 radical (unpaired) electrons. The van der Waals surface area contributed by atoms with Gasteiger partial charge in [-0.1, -0.05) is 18.2 Å². The maximum atomic E-state index is 12.8. The Morgan fingerprint density at radius 3 is 2.46 bits per heavy atom. The largest absolute Gasteiger partial charge is 1.00 e. The maximum absolute atomic E-state index is 12.8. The van der Waals surface area contributed by atoms with E-state index in [0.29, 0.717) is 12.8 Å². The predicted molar refractivity (Wildman–Crippen MR) is 92.2 cm³/mol. The summed E-state index contributed by atoms with van der Waals surface area (Å²) >= 11 is 0. The molecule has 0 unspecified atom stereocenters. The Labute approximate surface area is 159 Å². The van der Waals surface area contributed by atoms with E-state index in [2.05, 4.69) is 16.4 Å². The van der Waals surface area contributed by atoms with E-state index in [9.17, 15) is 14.4 Å². The average molecular weight is 381 g/mol. The zero-order valence-corrected chi connectivity index (χ0v) is 15.5. The molecule has 0 spiro atoms. The van der Waals surface area contributed by atoms with E-state index >= 15 is 0 Å². The van der Waals surface area contributed by atoms with Gasteiger partial charge >= 0.3 is 0 Å². The van der Waals surface area contributed by atoms with E-state index in [1.54, 1.807) is 11.8 Å². The number of carbonyl (C=O) groups is 3. The topological polar surface area (TPSA) is 106 Å². The molecule has 5 N–H and O–H groups in total. The molecule has 1 aromatic carbocycles. The number of para-hydroxylation sites is 1. The van der Waals surface area contributed by atoms with Crippen LogP contribution in [-0.4, -0.2) is 46.8 Å². The second-order valence-corrected chi connectivity index (χ2v) is 6.89. The highest BCUT2D eigenvalue weighted by atomic mass is 35.5. The van der Waals surface area contributed by atoms with Gasteiger partial charge in [-0.05, 0) is 44.7 Å². The third-order valence-electron chi connectivity index (χ3n) is 4.95. The molecule has 2 heterocycles. The Kier molecular flexibility index (Phi) is 6.61. The highest BCUT2D eigenvalue weighted by Crippen LogP contribution is 2.33. The van der Waals surface area contributed by atoms with E-state index in [1.165, 1.54) is 0 Å². The van der Waals surface area contributed by atoms with Crippen LogP contribution in [0.2, 0.25) is 0 Å². The van der Waals surface area contributed by atoms with Crippen LogP contribution in [0, 0.1) is 0 Å². The van der Waals surface area contributed by atoms with Gasteiger partial charge in [0, 0.05) is 11.7 Å². The van der Waals surface area contributed by atoms with E-state index in [1.807, 2.05) is 30.3 Å². The lowest BCUT2D eigenvalue weighted by Crippen LogP contribution is -3.00. The van der Waals surface area contributed by atoms with Crippen LogP contribution >= 0.6 is 0 Å². The van der Waals surface area contributed by atoms with E-state index in [4.69, 9.17) is 0 Å².